The average Bonchev–Trinajstić information content (AvgIpc) is 2.88. The van der Waals surface area contributed by atoms with Gasteiger partial charge in [-0.2, -0.15) is 0 Å². The van der Waals surface area contributed by atoms with E-state index in [0.717, 1.165) is 0 Å². The van der Waals surface area contributed by atoms with Crippen molar-refractivity contribution in [1.82, 2.24) is 15.6 Å². The predicted octanol–water partition coefficient (Wildman–Crippen LogP) is 2.12. The summed E-state index contributed by atoms with van der Waals surface area (Å²) in [6.07, 6.45) is 0. The largest absolute Gasteiger partial charge is 0.486 e. The molecule has 0 aliphatic heterocycles. The number of aromatic nitrogens is 1. The first-order valence-electron chi connectivity index (χ1n) is 6.87. The second-order valence-corrected chi connectivity index (χ2v) is 5.71. The Kier molecular flexibility index (Phi) is 5.85. The number of aryl methyl sites for hydroxylation is 1. The molecule has 0 aliphatic rings. The molecule has 0 fully saturated rings. The third kappa shape index (κ3) is 4.51. The molecule has 7 heteroatoms. The Balaban J connectivity index is 1.94. The fourth-order valence-electron chi connectivity index (χ4n) is 1.78. The second-order valence-electron chi connectivity index (χ2n) is 4.62. The lowest BCUT2D eigenvalue weighted by Crippen LogP contribution is -2.30. The van der Waals surface area contributed by atoms with Crippen LogP contribution in [-0.2, 0) is 6.61 Å². The van der Waals surface area contributed by atoms with E-state index in [4.69, 9.17) is 4.74 Å². The van der Waals surface area contributed by atoms with Crippen molar-refractivity contribution in [2.75, 3.05) is 20.1 Å². The smallest absolute Gasteiger partial charge is 0.263 e. The zero-order valence-corrected chi connectivity index (χ0v) is 13.3. The van der Waals surface area contributed by atoms with Gasteiger partial charge in [0.1, 0.15) is 28.1 Å². The maximum Gasteiger partial charge on any atom is 0.263 e. The third-order valence-corrected chi connectivity index (χ3v) is 4.01. The topological polar surface area (TPSA) is 63.2 Å². The van der Waals surface area contributed by atoms with Crippen LogP contribution in [0.5, 0.6) is 5.75 Å². The van der Waals surface area contributed by atoms with Gasteiger partial charge >= 0.3 is 0 Å². The summed E-state index contributed by atoms with van der Waals surface area (Å²) in [4.78, 5) is 16.9. The lowest BCUT2D eigenvalue weighted by Gasteiger charge is -2.03. The minimum Gasteiger partial charge on any atom is -0.486 e. The molecule has 0 radical (unpaired) electrons. The summed E-state index contributed by atoms with van der Waals surface area (Å²) in [6, 6.07) is 5.79. The molecule has 0 aliphatic carbocycles. The monoisotopic (exact) mass is 323 g/mol. The lowest BCUT2D eigenvalue weighted by molar-refractivity contribution is 0.0957. The molecular weight excluding hydrogens is 305 g/mol. The number of carbonyl (C=O) groups is 1. The average molecular weight is 323 g/mol. The number of ether oxygens (including phenoxy) is 1. The van der Waals surface area contributed by atoms with Gasteiger partial charge in [-0.25, -0.2) is 9.37 Å². The van der Waals surface area contributed by atoms with Gasteiger partial charge in [0.2, 0.25) is 0 Å². The summed E-state index contributed by atoms with van der Waals surface area (Å²) >= 11 is 1.31. The first-order chi connectivity index (χ1) is 10.6. The summed E-state index contributed by atoms with van der Waals surface area (Å²) < 4.78 is 18.3. The molecule has 0 spiro atoms. The number of thiazole rings is 1. The van der Waals surface area contributed by atoms with E-state index in [-0.39, 0.29) is 18.3 Å². The number of halogens is 1. The predicted molar refractivity (Wildman–Crippen MR) is 83.8 cm³/mol. The lowest BCUT2D eigenvalue weighted by atomic mass is 10.3. The van der Waals surface area contributed by atoms with Crippen LogP contribution in [0.1, 0.15) is 20.4 Å². The molecule has 22 heavy (non-hydrogen) atoms. The van der Waals surface area contributed by atoms with Crippen molar-refractivity contribution in [3.63, 3.8) is 0 Å². The van der Waals surface area contributed by atoms with Crippen LogP contribution in [-0.4, -0.2) is 31.0 Å². The second kappa shape index (κ2) is 7.86. The van der Waals surface area contributed by atoms with E-state index in [0.29, 0.717) is 34.4 Å². The highest BCUT2D eigenvalue weighted by Gasteiger charge is 2.15. The highest BCUT2D eigenvalue weighted by Crippen LogP contribution is 2.20. The Bertz CT molecular complexity index is 628. The van der Waals surface area contributed by atoms with Gasteiger partial charge in [-0.15, -0.1) is 11.3 Å². The molecule has 5 nitrogen and oxygen atoms in total. The fraction of sp³-hybridized carbons (Fsp3) is 0.333. The van der Waals surface area contributed by atoms with E-state index in [1.165, 1.54) is 23.5 Å². The maximum atomic E-state index is 12.8. The molecule has 2 rings (SSSR count). The van der Waals surface area contributed by atoms with Crippen molar-refractivity contribution in [2.24, 2.45) is 0 Å². The van der Waals surface area contributed by atoms with E-state index >= 15 is 0 Å². The van der Waals surface area contributed by atoms with Crippen LogP contribution in [0.3, 0.4) is 0 Å². The number of benzene rings is 1. The van der Waals surface area contributed by atoms with Crippen LogP contribution < -0.4 is 15.4 Å². The van der Waals surface area contributed by atoms with Crippen molar-refractivity contribution in [2.45, 2.75) is 13.5 Å². The summed E-state index contributed by atoms with van der Waals surface area (Å²) in [5.41, 5.74) is 0.685. The van der Waals surface area contributed by atoms with E-state index in [1.807, 2.05) is 7.05 Å². The van der Waals surface area contributed by atoms with Gasteiger partial charge in [0, 0.05) is 13.1 Å². The molecular formula is C15H18FN3O2S. The van der Waals surface area contributed by atoms with Gasteiger partial charge in [0.25, 0.3) is 5.91 Å². The summed E-state index contributed by atoms with van der Waals surface area (Å²) in [7, 11) is 1.83. The molecule has 118 valence electrons. The summed E-state index contributed by atoms with van der Waals surface area (Å²) in [6.45, 7) is 3.32. The molecule has 0 atom stereocenters. The number of hydrogen-bond acceptors (Lipinski definition) is 5. The highest BCUT2D eigenvalue weighted by molar-refractivity contribution is 7.13. The van der Waals surface area contributed by atoms with E-state index in [1.54, 1.807) is 19.1 Å². The third-order valence-electron chi connectivity index (χ3n) is 2.88. The first-order valence-corrected chi connectivity index (χ1v) is 7.69. The van der Waals surface area contributed by atoms with Crippen molar-refractivity contribution in [3.05, 3.63) is 45.7 Å². The molecule has 0 bridgehead atoms. The molecule has 1 aromatic carbocycles. The quantitative estimate of drug-likeness (QED) is 0.766. The molecule has 2 aromatic rings. The van der Waals surface area contributed by atoms with Crippen molar-refractivity contribution in [3.8, 4) is 5.75 Å². The number of rotatable bonds is 7. The summed E-state index contributed by atoms with van der Waals surface area (Å²) in [5.74, 6) is 0.130. The zero-order valence-electron chi connectivity index (χ0n) is 12.5. The van der Waals surface area contributed by atoms with E-state index in [2.05, 4.69) is 15.6 Å². The molecule has 0 saturated heterocycles. The van der Waals surface area contributed by atoms with Gasteiger partial charge in [-0.05, 0) is 38.2 Å². The fourth-order valence-corrected chi connectivity index (χ4v) is 2.68. The number of likely N-dealkylation sites (N-methyl/N-ethyl adjacent to an activating group) is 1. The zero-order chi connectivity index (χ0) is 15.9. The molecule has 0 unspecified atom stereocenters. The van der Waals surface area contributed by atoms with Crippen molar-refractivity contribution >= 4 is 17.2 Å². The molecule has 1 heterocycles. The molecule has 1 amide bonds. The number of nitrogens with zero attached hydrogens (tertiary/aromatic N) is 1. The van der Waals surface area contributed by atoms with Crippen LogP contribution in [0.25, 0.3) is 0 Å². The van der Waals surface area contributed by atoms with Gasteiger partial charge < -0.3 is 15.4 Å². The Labute approximate surface area is 132 Å². The maximum absolute atomic E-state index is 12.8. The minimum absolute atomic E-state index is 0.127. The Morgan fingerprint density at radius 2 is 2.05 bits per heavy atom. The van der Waals surface area contributed by atoms with Gasteiger partial charge in [-0.3, -0.25) is 4.79 Å². The van der Waals surface area contributed by atoms with Gasteiger partial charge in [-0.1, -0.05) is 0 Å². The number of nitrogens with one attached hydrogen (secondary N) is 2. The van der Waals surface area contributed by atoms with Crippen molar-refractivity contribution in [1.29, 1.82) is 0 Å². The van der Waals surface area contributed by atoms with Crippen LogP contribution in [0.4, 0.5) is 4.39 Å². The van der Waals surface area contributed by atoms with Crippen molar-refractivity contribution < 1.29 is 13.9 Å². The highest BCUT2D eigenvalue weighted by atomic mass is 32.1. The number of amides is 1. The standard InChI is InChI=1S/C15H18FN3O2S/c1-10-14(15(20)18-8-7-17-2)22-13(19-10)9-21-12-5-3-11(16)4-6-12/h3-6,17H,7-9H2,1-2H3,(H,18,20). The van der Waals surface area contributed by atoms with Gasteiger partial charge in [0.15, 0.2) is 0 Å². The minimum atomic E-state index is -0.307. The Hall–Kier alpha value is -1.99. The summed E-state index contributed by atoms with van der Waals surface area (Å²) in [5, 5.41) is 6.49. The first kappa shape index (κ1) is 16.4. The Morgan fingerprint density at radius 1 is 1.32 bits per heavy atom. The van der Waals surface area contributed by atoms with Crippen LogP contribution in [0, 0.1) is 12.7 Å². The normalized spacial score (nSPS) is 10.5. The number of hydrogen-bond donors (Lipinski definition) is 2. The SMILES string of the molecule is CNCCNC(=O)c1sc(COc2ccc(F)cc2)nc1C. The van der Waals surface area contributed by atoms with Crippen LogP contribution in [0.2, 0.25) is 0 Å². The molecule has 2 N–H and O–H groups in total. The van der Waals surface area contributed by atoms with Gasteiger partial charge in [0.05, 0.1) is 5.69 Å². The number of carbonyl (C=O) groups excluding carboxylic acids is 1. The molecule has 0 saturated carbocycles. The van der Waals surface area contributed by atoms with E-state index in [9.17, 15) is 9.18 Å². The Morgan fingerprint density at radius 3 is 2.73 bits per heavy atom. The van der Waals surface area contributed by atoms with E-state index < -0.39 is 0 Å². The van der Waals surface area contributed by atoms with Crippen LogP contribution in [0.15, 0.2) is 24.3 Å². The van der Waals surface area contributed by atoms with Crippen LogP contribution >= 0.6 is 11.3 Å². The molecule has 1 aromatic heterocycles.